The van der Waals surface area contributed by atoms with Crippen LogP contribution in [0.3, 0.4) is 0 Å². The van der Waals surface area contributed by atoms with E-state index in [1.54, 1.807) is 12.1 Å². The summed E-state index contributed by atoms with van der Waals surface area (Å²) < 4.78 is 32.0. The molecule has 5 nitrogen and oxygen atoms in total. The molecule has 1 saturated heterocycles. The SMILES string of the molecule is CNC1CCCN(S(=O)(=O)c2cc(OC)ccc2Cl)C1.Cl. The summed E-state index contributed by atoms with van der Waals surface area (Å²) in [6.07, 6.45) is 1.82. The Hall–Kier alpha value is -0.530. The lowest BCUT2D eigenvalue weighted by atomic mass is 10.1. The van der Waals surface area contributed by atoms with Crippen LogP contribution in [0.4, 0.5) is 0 Å². The average Bonchev–Trinajstić information content (AvgIpc) is 2.47. The number of ether oxygens (including phenoxy) is 1. The maximum Gasteiger partial charge on any atom is 0.244 e. The van der Waals surface area contributed by atoms with E-state index >= 15 is 0 Å². The number of benzene rings is 1. The van der Waals surface area contributed by atoms with E-state index in [0.717, 1.165) is 12.8 Å². The zero-order chi connectivity index (χ0) is 14.8. The Balaban J connectivity index is 0.00000220. The van der Waals surface area contributed by atoms with Crippen LogP contribution in [0, 0.1) is 0 Å². The predicted octanol–water partition coefficient (Wildman–Crippen LogP) is 2.14. The van der Waals surface area contributed by atoms with Crippen LogP contribution in [0.5, 0.6) is 5.75 Å². The lowest BCUT2D eigenvalue weighted by Crippen LogP contribution is -2.46. The highest BCUT2D eigenvalue weighted by Crippen LogP contribution is 2.30. The highest BCUT2D eigenvalue weighted by molar-refractivity contribution is 7.89. The lowest BCUT2D eigenvalue weighted by molar-refractivity contribution is 0.292. The molecule has 2 rings (SSSR count). The summed E-state index contributed by atoms with van der Waals surface area (Å²) in [5.74, 6) is 0.482. The molecule has 1 fully saturated rings. The first-order valence-electron chi connectivity index (χ1n) is 6.50. The van der Waals surface area contributed by atoms with Gasteiger partial charge in [-0.25, -0.2) is 8.42 Å². The fourth-order valence-electron chi connectivity index (χ4n) is 2.34. The summed E-state index contributed by atoms with van der Waals surface area (Å²) in [5, 5.41) is 3.35. The van der Waals surface area contributed by atoms with E-state index in [0.29, 0.717) is 18.8 Å². The van der Waals surface area contributed by atoms with Gasteiger partial charge < -0.3 is 10.1 Å². The maximum absolute atomic E-state index is 12.7. The van der Waals surface area contributed by atoms with Crippen LogP contribution in [0.2, 0.25) is 5.02 Å². The molecular formula is C13H20Cl2N2O3S. The first-order valence-corrected chi connectivity index (χ1v) is 8.32. The molecule has 1 unspecified atom stereocenters. The van der Waals surface area contributed by atoms with Gasteiger partial charge in [-0.15, -0.1) is 12.4 Å². The number of sulfonamides is 1. The van der Waals surface area contributed by atoms with E-state index < -0.39 is 10.0 Å². The van der Waals surface area contributed by atoms with Crippen LogP contribution in [-0.4, -0.2) is 46.0 Å². The Morgan fingerprint density at radius 1 is 1.43 bits per heavy atom. The Kier molecular flexibility index (Phi) is 6.74. The third-order valence-corrected chi connectivity index (χ3v) is 5.90. The third kappa shape index (κ3) is 4.02. The van der Waals surface area contributed by atoms with Crippen LogP contribution in [-0.2, 0) is 10.0 Å². The second-order valence-corrected chi connectivity index (χ2v) is 7.10. The standard InChI is InChI=1S/C13H19ClN2O3S.ClH/c1-15-10-4-3-7-16(9-10)20(17,18)13-8-11(19-2)5-6-12(13)14;/h5-6,8,10,15H,3-4,7,9H2,1-2H3;1H. The van der Waals surface area contributed by atoms with Crippen molar-refractivity contribution in [3.8, 4) is 5.75 Å². The van der Waals surface area contributed by atoms with E-state index in [9.17, 15) is 8.42 Å². The molecule has 1 aromatic rings. The number of piperidine rings is 1. The Morgan fingerprint density at radius 2 is 2.14 bits per heavy atom. The first-order chi connectivity index (χ1) is 9.48. The number of hydrogen-bond donors (Lipinski definition) is 1. The molecule has 1 N–H and O–H groups in total. The van der Waals surface area contributed by atoms with E-state index in [2.05, 4.69) is 5.32 Å². The summed E-state index contributed by atoms with van der Waals surface area (Å²) in [5.41, 5.74) is 0. The number of nitrogens with zero attached hydrogens (tertiary/aromatic N) is 1. The number of rotatable bonds is 4. The minimum absolute atomic E-state index is 0. The molecule has 0 bridgehead atoms. The third-order valence-electron chi connectivity index (χ3n) is 3.55. The minimum Gasteiger partial charge on any atom is -0.497 e. The highest BCUT2D eigenvalue weighted by Gasteiger charge is 2.31. The number of halogens is 2. The molecule has 8 heteroatoms. The van der Waals surface area contributed by atoms with E-state index in [-0.39, 0.29) is 28.4 Å². The van der Waals surface area contributed by atoms with Gasteiger partial charge in [0.15, 0.2) is 0 Å². The van der Waals surface area contributed by atoms with Gasteiger partial charge in [-0.2, -0.15) is 4.31 Å². The molecule has 0 radical (unpaired) electrons. The molecular weight excluding hydrogens is 335 g/mol. The van der Waals surface area contributed by atoms with Crippen LogP contribution in [0.25, 0.3) is 0 Å². The molecule has 0 amide bonds. The smallest absolute Gasteiger partial charge is 0.244 e. The van der Waals surface area contributed by atoms with Gasteiger partial charge >= 0.3 is 0 Å². The van der Waals surface area contributed by atoms with Gasteiger partial charge in [0.25, 0.3) is 0 Å². The molecule has 1 aromatic carbocycles. The highest BCUT2D eigenvalue weighted by atomic mass is 35.5. The summed E-state index contributed by atoms with van der Waals surface area (Å²) in [6.45, 7) is 0.987. The van der Waals surface area contributed by atoms with E-state index in [1.165, 1.54) is 17.5 Å². The molecule has 1 atom stereocenters. The van der Waals surface area contributed by atoms with Crippen molar-refractivity contribution in [2.45, 2.75) is 23.8 Å². The predicted molar refractivity (Wildman–Crippen MR) is 86.1 cm³/mol. The first kappa shape index (κ1) is 18.5. The molecule has 0 aromatic heterocycles. The van der Waals surface area contributed by atoms with Gasteiger partial charge in [-0.1, -0.05) is 11.6 Å². The molecule has 21 heavy (non-hydrogen) atoms. The van der Waals surface area contributed by atoms with Crippen molar-refractivity contribution in [3.63, 3.8) is 0 Å². The van der Waals surface area contributed by atoms with Crippen LogP contribution < -0.4 is 10.1 Å². The van der Waals surface area contributed by atoms with Crippen LogP contribution in [0.15, 0.2) is 23.1 Å². The molecule has 0 aliphatic carbocycles. The largest absolute Gasteiger partial charge is 0.497 e. The van der Waals surface area contributed by atoms with Crippen LogP contribution in [0.1, 0.15) is 12.8 Å². The fraction of sp³-hybridized carbons (Fsp3) is 0.538. The molecule has 1 heterocycles. The van der Waals surface area contributed by atoms with Crippen molar-refractivity contribution in [1.29, 1.82) is 0 Å². The maximum atomic E-state index is 12.7. The van der Waals surface area contributed by atoms with Crippen molar-refractivity contribution in [3.05, 3.63) is 23.2 Å². The van der Waals surface area contributed by atoms with Crippen molar-refractivity contribution in [1.82, 2.24) is 9.62 Å². The minimum atomic E-state index is -3.59. The fourth-order valence-corrected chi connectivity index (χ4v) is 4.36. The Morgan fingerprint density at radius 3 is 2.76 bits per heavy atom. The van der Waals surface area contributed by atoms with Gasteiger partial charge in [0, 0.05) is 25.2 Å². The van der Waals surface area contributed by atoms with E-state index in [4.69, 9.17) is 16.3 Å². The van der Waals surface area contributed by atoms with Crippen LogP contribution >= 0.6 is 24.0 Å². The topological polar surface area (TPSA) is 58.6 Å². The molecule has 120 valence electrons. The monoisotopic (exact) mass is 354 g/mol. The number of methoxy groups -OCH3 is 1. The van der Waals surface area contributed by atoms with Gasteiger partial charge in [-0.05, 0) is 32.0 Å². The average molecular weight is 355 g/mol. The Labute approximate surface area is 137 Å². The second kappa shape index (κ2) is 7.65. The van der Waals surface area contributed by atoms with Gasteiger partial charge in [0.2, 0.25) is 10.0 Å². The van der Waals surface area contributed by atoms with Crippen molar-refractivity contribution < 1.29 is 13.2 Å². The zero-order valence-corrected chi connectivity index (χ0v) is 14.4. The lowest BCUT2D eigenvalue weighted by Gasteiger charge is -2.31. The van der Waals surface area contributed by atoms with Gasteiger partial charge in [-0.3, -0.25) is 0 Å². The summed E-state index contributed by atoms with van der Waals surface area (Å²) in [7, 11) is -0.243. The summed E-state index contributed by atoms with van der Waals surface area (Å²) >= 11 is 6.05. The number of likely N-dealkylation sites (N-methyl/N-ethyl adjacent to an activating group) is 1. The number of nitrogens with one attached hydrogen (secondary N) is 1. The van der Waals surface area contributed by atoms with Crippen molar-refractivity contribution >= 4 is 34.0 Å². The Bertz CT molecular complexity index is 581. The van der Waals surface area contributed by atoms with Crippen molar-refractivity contribution in [2.75, 3.05) is 27.2 Å². The summed E-state index contributed by atoms with van der Waals surface area (Å²) in [4.78, 5) is 0.107. The van der Waals surface area contributed by atoms with Crippen molar-refractivity contribution in [2.24, 2.45) is 0 Å². The quantitative estimate of drug-likeness (QED) is 0.899. The zero-order valence-electron chi connectivity index (χ0n) is 12.0. The summed E-state index contributed by atoms with van der Waals surface area (Å²) in [6, 6.07) is 4.85. The second-order valence-electron chi connectivity index (χ2n) is 4.79. The number of hydrogen-bond acceptors (Lipinski definition) is 4. The molecule has 0 saturated carbocycles. The van der Waals surface area contributed by atoms with E-state index in [1.807, 2.05) is 7.05 Å². The van der Waals surface area contributed by atoms with Gasteiger partial charge in [0.05, 0.1) is 12.1 Å². The van der Waals surface area contributed by atoms with Gasteiger partial charge in [0.1, 0.15) is 10.6 Å². The molecule has 1 aliphatic rings. The normalized spacial score (nSPS) is 19.9. The molecule has 1 aliphatic heterocycles. The molecule has 0 spiro atoms.